The average molecular weight is 354 g/mol. The first-order valence-corrected chi connectivity index (χ1v) is 9.10. The van der Waals surface area contributed by atoms with Crippen molar-refractivity contribution in [1.82, 2.24) is 20.6 Å². The van der Waals surface area contributed by atoms with Gasteiger partial charge in [-0.25, -0.2) is 4.68 Å². The van der Waals surface area contributed by atoms with Gasteiger partial charge in [-0.2, -0.15) is 5.10 Å². The van der Waals surface area contributed by atoms with Crippen molar-refractivity contribution in [3.63, 3.8) is 0 Å². The van der Waals surface area contributed by atoms with Crippen molar-refractivity contribution in [1.29, 1.82) is 0 Å². The topological polar surface area (TPSA) is 58.9 Å². The van der Waals surface area contributed by atoms with Crippen LogP contribution in [0.3, 0.4) is 0 Å². The number of allylic oxidation sites excluding steroid dienone is 2. The molecule has 2 N–H and O–H groups in total. The molecule has 2 aromatic heterocycles. The van der Waals surface area contributed by atoms with Gasteiger partial charge in [-0.05, 0) is 45.4 Å². The smallest absolute Gasteiger partial charge is 0.279 e. The lowest BCUT2D eigenvalue weighted by Gasteiger charge is -2.11. The molecule has 0 fully saturated rings. The number of carbonyl (C=O) groups excluding carboxylic acids is 1. The standard InChI is InChI=1S/C19H22N4OS/c1-5-16(12(2)3)20-21-18(24)17-11-15-13(4)22-23(19(15)25-17)14-9-7-6-8-10-14/h6-11,20H,5H2,1-4H3,(H,21,24). The van der Waals surface area contributed by atoms with Gasteiger partial charge >= 0.3 is 0 Å². The first-order valence-electron chi connectivity index (χ1n) is 8.28. The number of thiophene rings is 1. The number of hydrazine groups is 1. The van der Waals surface area contributed by atoms with Crippen LogP contribution in [0, 0.1) is 6.92 Å². The number of fused-ring (bicyclic) bond motifs is 1. The molecule has 130 valence electrons. The van der Waals surface area contributed by atoms with E-state index in [0.717, 1.165) is 39.3 Å². The zero-order chi connectivity index (χ0) is 18.0. The van der Waals surface area contributed by atoms with Gasteiger partial charge in [0.25, 0.3) is 5.91 Å². The molecule has 3 rings (SSSR count). The first kappa shape index (κ1) is 17.2. The molecule has 0 saturated heterocycles. The second kappa shape index (κ2) is 7.11. The maximum absolute atomic E-state index is 12.5. The predicted molar refractivity (Wildman–Crippen MR) is 103 cm³/mol. The molecule has 0 aliphatic rings. The Bertz CT molecular complexity index is 933. The van der Waals surface area contributed by atoms with Crippen LogP contribution >= 0.6 is 11.3 Å². The minimum Gasteiger partial charge on any atom is -0.303 e. The molecule has 3 aromatic rings. The Morgan fingerprint density at radius 2 is 1.92 bits per heavy atom. The van der Waals surface area contributed by atoms with Crippen molar-refractivity contribution in [3.8, 4) is 5.69 Å². The maximum atomic E-state index is 12.5. The largest absolute Gasteiger partial charge is 0.303 e. The van der Waals surface area contributed by atoms with E-state index in [1.54, 1.807) is 0 Å². The van der Waals surface area contributed by atoms with E-state index in [0.29, 0.717) is 4.88 Å². The van der Waals surface area contributed by atoms with Gasteiger partial charge in [0.05, 0.1) is 16.3 Å². The number of carbonyl (C=O) groups is 1. The minimum atomic E-state index is -0.132. The Morgan fingerprint density at radius 3 is 2.56 bits per heavy atom. The Hall–Kier alpha value is -2.60. The molecule has 0 spiro atoms. The third-order valence-corrected chi connectivity index (χ3v) is 5.16. The summed E-state index contributed by atoms with van der Waals surface area (Å²) in [7, 11) is 0. The van der Waals surface area contributed by atoms with Crippen LogP contribution in [0.1, 0.15) is 42.6 Å². The molecule has 25 heavy (non-hydrogen) atoms. The molecule has 0 radical (unpaired) electrons. The van der Waals surface area contributed by atoms with Gasteiger partial charge in [-0.3, -0.25) is 10.2 Å². The molecule has 2 heterocycles. The second-order valence-electron chi connectivity index (χ2n) is 6.07. The van der Waals surface area contributed by atoms with Crippen molar-refractivity contribution < 1.29 is 4.79 Å². The van der Waals surface area contributed by atoms with E-state index in [1.807, 2.05) is 61.9 Å². The molecule has 0 aliphatic heterocycles. The highest BCUT2D eigenvalue weighted by molar-refractivity contribution is 7.20. The summed E-state index contributed by atoms with van der Waals surface area (Å²) in [5, 5.41) is 5.61. The fourth-order valence-electron chi connectivity index (χ4n) is 2.66. The van der Waals surface area contributed by atoms with Crippen LogP contribution in [0.4, 0.5) is 0 Å². The summed E-state index contributed by atoms with van der Waals surface area (Å²) in [6.45, 7) is 8.07. The maximum Gasteiger partial charge on any atom is 0.279 e. The lowest BCUT2D eigenvalue weighted by atomic mass is 10.2. The second-order valence-corrected chi connectivity index (χ2v) is 7.10. The molecule has 1 aromatic carbocycles. The normalized spacial score (nSPS) is 10.7. The lowest BCUT2D eigenvalue weighted by Crippen LogP contribution is -2.36. The zero-order valence-electron chi connectivity index (χ0n) is 14.9. The van der Waals surface area contributed by atoms with E-state index in [-0.39, 0.29) is 5.91 Å². The summed E-state index contributed by atoms with van der Waals surface area (Å²) in [4.78, 5) is 14.1. The van der Waals surface area contributed by atoms with E-state index < -0.39 is 0 Å². The van der Waals surface area contributed by atoms with Crippen molar-refractivity contribution in [2.24, 2.45) is 0 Å². The van der Waals surface area contributed by atoms with Crippen LogP contribution in [0.15, 0.2) is 47.7 Å². The molecule has 5 nitrogen and oxygen atoms in total. The SMILES string of the molecule is CCC(NNC(=O)c1cc2c(C)nn(-c3ccccc3)c2s1)=C(C)C. The molecule has 0 aliphatic carbocycles. The van der Waals surface area contributed by atoms with Gasteiger partial charge in [0.1, 0.15) is 4.83 Å². The molecule has 0 saturated carbocycles. The number of nitrogens with one attached hydrogen (secondary N) is 2. The number of rotatable bonds is 5. The first-order chi connectivity index (χ1) is 12.0. The van der Waals surface area contributed by atoms with Crippen LogP contribution in [-0.4, -0.2) is 15.7 Å². The number of benzene rings is 1. The summed E-state index contributed by atoms with van der Waals surface area (Å²) in [6.07, 6.45) is 0.844. The number of nitrogens with zero attached hydrogens (tertiary/aromatic N) is 2. The van der Waals surface area contributed by atoms with Crippen LogP contribution in [0.2, 0.25) is 0 Å². The fourth-order valence-corrected chi connectivity index (χ4v) is 3.74. The lowest BCUT2D eigenvalue weighted by molar-refractivity contribution is 0.0942. The van der Waals surface area contributed by atoms with Gasteiger partial charge in [-0.1, -0.05) is 30.7 Å². The van der Waals surface area contributed by atoms with E-state index in [2.05, 4.69) is 22.9 Å². The van der Waals surface area contributed by atoms with Crippen molar-refractivity contribution in [3.05, 3.63) is 58.2 Å². The molecule has 0 unspecified atom stereocenters. The summed E-state index contributed by atoms with van der Waals surface area (Å²) < 4.78 is 1.90. The van der Waals surface area contributed by atoms with E-state index in [1.165, 1.54) is 11.3 Å². The molecule has 6 heteroatoms. The van der Waals surface area contributed by atoms with Gasteiger partial charge in [0, 0.05) is 11.1 Å². The minimum absolute atomic E-state index is 0.132. The molecule has 0 bridgehead atoms. The monoisotopic (exact) mass is 354 g/mol. The Kier molecular flexibility index (Phi) is 4.90. The summed E-state index contributed by atoms with van der Waals surface area (Å²) >= 11 is 1.45. The number of amides is 1. The van der Waals surface area contributed by atoms with E-state index in [9.17, 15) is 4.79 Å². The highest BCUT2D eigenvalue weighted by atomic mass is 32.1. The van der Waals surface area contributed by atoms with Gasteiger partial charge in [-0.15, -0.1) is 11.3 Å². The number of hydrogen-bond acceptors (Lipinski definition) is 4. The highest BCUT2D eigenvalue weighted by Gasteiger charge is 2.17. The fraction of sp³-hybridized carbons (Fsp3) is 0.263. The molecular formula is C19H22N4OS. The van der Waals surface area contributed by atoms with Gasteiger partial charge in [0.2, 0.25) is 0 Å². The highest BCUT2D eigenvalue weighted by Crippen LogP contribution is 2.30. The number of hydrogen-bond donors (Lipinski definition) is 2. The number of aryl methyl sites for hydroxylation is 1. The Balaban J connectivity index is 1.89. The Labute approximate surface area is 151 Å². The molecule has 0 atom stereocenters. The number of para-hydroxylation sites is 1. The summed E-state index contributed by atoms with van der Waals surface area (Å²) in [5.74, 6) is -0.132. The van der Waals surface area contributed by atoms with Gasteiger partial charge in [0.15, 0.2) is 0 Å². The molecule has 1 amide bonds. The van der Waals surface area contributed by atoms with Crippen LogP contribution in [0.5, 0.6) is 0 Å². The van der Waals surface area contributed by atoms with Crippen LogP contribution in [0.25, 0.3) is 15.9 Å². The van der Waals surface area contributed by atoms with Crippen molar-refractivity contribution >= 4 is 27.5 Å². The predicted octanol–water partition coefficient (Wildman–Crippen LogP) is 4.33. The number of aromatic nitrogens is 2. The zero-order valence-corrected chi connectivity index (χ0v) is 15.7. The summed E-state index contributed by atoms with van der Waals surface area (Å²) in [6, 6.07) is 11.9. The molecular weight excluding hydrogens is 332 g/mol. The third kappa shape index (κ3) is 3.44. The Morgan fingerprint density at radius 1 is 1.20 bits per heavy atom. The van der Waals surface area contributed by atoms with Crippen molar-refractivity contribution in [2.45, 2.75) is 34.1 Å². The van der Waals surface area contributed by atoms with E-state index >= 15 is 0 Å². The van der Waals surface area contributed by atoms with Crippen LogP contribution in [-0.2, 0) is 0 Å². The summed E-state index contributed by atoms with van der Waals surface area (Å²) in [5.41, 5.74) is 9.92. The van der Waals surface area contributed by atoms with E-state index in [4.69, 9.17) is 0 Å². The van der Waals surface area contributed by atoms with Crippen LogP contribution < -0.4 is 10.9 Å². The van der Waals surface area contributed by atoms with Crippen molar-refractivity contribution in [2.75, 3.05) is 0 Å². The quantitative estimate of drug-likeness (QED) is 0.670. The van der Waals surface area contributed by atoms with Gasteiger partial charge < -0.3 is 5.43 Å². The third-order valence-electron chi connectivity index (χ3n) is 4.05. The average Bonchev–Trinajstić information content (AvgIpc) is 3.17.